The molecule has 0 fully saturated rings. The molecule has 2 aromatic heterocycles. The van der Waals surface area contributed by atoms with Crippen LogP contribution in [-0.2, 0) is 0 Å². The van der Waals surface area contributed by atoms with Crippen molar-refractivity contribution in [2.75, 3.05) is 12.4 Å². The Balaban J connectivity index is 1.96. The van der Waals surface area contributed by atoms with Crippen molar-refractivity contribution in [1.82, 2.24) is 15.0 Å². The van der Waals surface area contributed by atoms with E-state index >= 15 is 0 Å². The number of anilines is 1. The Labute approximate surface area is 138 Å². The zero-order chi connectivity index (χ0) is 16.5. The van der Waals surface area contributed by atoms with Crippen LogP contribution in [0.15, 0.2) is 61.1 Å². The molecule has 0 aliphatic rings. The number of rotatable bonds is 3. The molecule has 0 radical (unpaired) electrons. The quantitative estimate of drug-likeness (QED) is 0.586. The monoisotopic (exact) mass is 318 g/mol. The molecule has 0 atom stereocenters. The van der Waals surface area contributed by atoms with Crippen LogP contribution < -0.4 is 5.32 Å². The van der Waals surface area contributed by atoms with Gasteiger partial charge >= 0.3 is 0 Å². The maximum atomic E-state index is 13.2. The lowest BCUT2D eigenvalue weighted by Crippen LogP contribution is -1.91. The van der Waals surface area contributed by atoms with E-state index in [4.69, 9.17) is 0 Å². The van der Waals surface area contributed by atoms with Gasteiger partial charge in [0.2, 0.25) is 0 Å². The first-order chi connectivity index (χ1) is 11.8. The van der Waals surface area contributed by atoms with Crippen molar-refractivity contribution in [3.8, 4) is 22.4 Å². The lowest BCUT2D eigenvalue weighted by molar-refractivity contribution is 0.628. The number of hydrogen-bond acceptors (Lipinski definition) is 3. The first-order valence-corrected chi connectivity index (χ1v) is 7.62. The summed E-state index contributed by atoms with van der Waals surface area (Å²) in [5, 5.41) is 4.07. The van der Waals surface area contributed by atoms with Crippen LogP contribution >= 0.6 is 0 Å². The highest BCUT2D eigenvalue weighted by atomic mass is 19.1. The lowest BCUT2D eigenvalue weighted by Gasteiger charge is -2.07. The molecule has 0 spiro atoms. The number of benzene rings is 2. The van der Waals surface area contributed by atoms with Crippen LogP contribution in [0.3, 0.4) is 0 Å². The Hall–Kier alpha value is -3.21. The maximum absolute atomic E-state index is 13.2. The minimum atomic E-state index is -0.253. The van der Waals surface area contributed by atoms with E-state index in [9.17, 15) is 4.39 Å². The summed E-state index contributed by atoms with van der Waals surface area (Å²) in [5.41, 5.74) is 5.49. The average molecular weight is 318 g/mol. The predicted molar refractivity (Wildman–Crippen MR) is 94.3 cm³/mol. The molecule has 0 aliphatic carbocycles. The molecule has 4 aromatic rings. The summed E-state index contributed by atoms with van der Waals surface area (Å²) >= 11 is 0. The summed E-state index contributed by atoms with van der Waals surface area (Å²) in [5.74, 6) is -0.253. The Morgan fingerprint density at radius 2 is 1.83 bits per heavy atom. The number of fused-ring (bicyclic) bond motifs is 1. The Morgan fingerprint density at radius 3 is 2.62 bits per heavy atom. The van der Waals surface area contributed by atoms with Gasteiger partial charge < -0.3 is 10.3 Å². The normalized spacial score (nSPS) is 10.9. The molecule has 4 rings (SSSR count). The third-order valence-corrected chi connectivity index (χ3v) is 4.05. The topological polar surface area (TPSA) is 53.6 Å². The van der Waals surface area contributed by atoms with Crippen LogP contribution in [0.25, 0.3) is 33.4 Å². The summed E-state index contributed by atoms with van der Waals surface area (Å²) in [6.45, 7) is 0. The predicted octanol–water partition coefficient (Wildman–Crippen LogP) is 4.47. The SMILES string of the molecule is CNc1cccc(-c2ncnc3[nH]cc(-c4ccc(F)cc4)c23)c1. The summed E-state index contributed by atoms with van der Waals surface area (Å²) in [4.78, 5) is 12.0. The van der Waals surface area contributed by atoms with E-state index in [1.165, 1.54) is 12.1 Å². The van der Waals surface area contributed by atoms with E-state index in [0.717, 1.165) is 39.1 Å². The molecular formula is C19H15FN4. The third-order valence-electron chi connectivity index (χ3n) is 4.05. The third kappa shape index (κ3) is 2.40. The van der Waals surface area contributed by atoms with Crippen molar-refractivity contribution in [2.45, 2.75) is 0 Å². The number of nitrogens with one attached hydrogen (secondary N) is 2. The van der Waals surface area contributed by atoms with Gasteiger partial charge in [0, 0.05) is 30.1 Å². The zero-order valence-electron chi connectivity index (χ0n) is 13.0. The molecule has 0 bridgehead atoms. The molecule has 0 saturated heterocycles. The van der Waals surface area contributed by atoms with Gasteiger partial charge in [0.05, 0.1) is 11.1 Å². The molecule has 2 N–H and O–H groups in total. The Bertz CT molecular complexity index is 1010. The van der Waals surface area contributed by atoms with E-state index in [1.54, 1.807) is 18.5 Å². The van der Waals surface area contributed by atoms with Gasteiger partial charge in [-0.25, -0.2) is 14.4 Å². The number of H-pyrrole nitrogens is 1. The van der Waals surface area contributed by atoms with Gasteiger partial charge in [-0.3, -0.25) is 0 Å². The van der Waals surface area contributed by atoms with E-state index in [1.807, 2.05) is 37.5 Å². The van der Waals surface area contributed by atoms with Crippen LogP contribution in [0.1, 0.15) is 0 Å². The van der Waals surface area contributed by atoms with Crippen LogP contribution in [0.4, 0.5) is 10.1 Å². The molecule has 4 nitrogen and oxygen atoms in total. The van der Waals surface area contributed by atoms with Gasteiger partial charge in [-0.1, -0.05) is 24.3 Å². The number of nitrogens with zero attached hydrogens (tertiary/aromatic N) is 2. The molecule has 118 valence electrons. The van der Waals surface area contributed by atoms with Crippen molar-refractivity contribution in [3.05, 3.63) is 66.9 Å². The van der Waals surface area contributed by atoms with Crippen LogP contribution in [0.2, 0.25) is 0 Å². The molecule has 0 aliphatic heterocycles. The molecule has 2 aromatic carbocycles. The second-order valence-corrected chi connectivity index (χ2v) is 5.49. The standard InChI is InChI=1S/C19H15FN4/c1-21-15-4-2-3-13(9-15)18-17-16(10-22-19(17)24-11-23-18)12-5-7-14(20)8-6-12/h2-11,21H,1H3,(H,22,23,24). The summed E-state index contributed by atoms with van der Waals surface area (Å²) < 4.78 is 13.2. The van der Waals surface area contributed by atoms with Gasteiger partial charge in [-0.05, 0) is 29.8 Å². The molecule has 0 unspecified atom stereocenters. The van der Waals surface area contributed by atoms with Crippen molar-refractivity contribution < 1.29 is 4.39 Å². The minimum Gasteiger partial charge on any atom is -0.388 e. The highest BCUT2D eigenvalue weighted by Crippen LogP contribution is 2.34. The fraction of sp³-hybridized carbons (Fsp3) is 0.0526. The highest BCUT2D eigenvalue weighted by Gasteiger charge is 2.14. The van der Waals surface area contributed by atoms with E-state index in [2.05, 4.69) is 20.3 Å². The van der Waals surface area contributed by atoms with Gasteiger partial charge in [0.15, 0.2) is 0 Å². The lowest BCUT2D eigenvalue weighted by atomic mass is 10.0. The summed E-state index contributed by atoms with van der Waals surface area (Å²) in [6, 6.07) is 14.5. The molecule has 2 heterocycles. The first-order valence-electron chi connectivity index (χ1n) is 7.62. The van der Waals surface area contributed by atoms with E-state index in [0.29, 0.717) is 0 Å². The van der Waals surface area contributed by atoms with Crippen molar-refractivity contribution in [3.63, 3.8) is 0 Å². The fourth-order valence-electron chi connectivity index (χ4n) is 2.86. The Kier molecular flexibility index (Phi) is 3.46. The number of aromatic nitrogens is 3. The highest BCUT2D eigenvalue weighted by molar-refractivity contribution is 6.02. The summed E-state index contributed by atoms with van der Waals surface area (Å²) in [6.07, 6.45) is 3.44. The van der Waals surface area contributed by atoms with Crippen molar-refractivity contribution in [2.24, 2.45) is 0 Å². The molecule has 0 saturated carbocycles. The number of halogens is 1. The summed E-state index contributed by atoms with van der Waals surface area (Å²) in [7, 11) is 1.88. The van der Waals surface area contributed by atoms with Gasteiger partial charge in [0.25, 0.3) is 0 Å². The van der Waals surface area contributed by atoms with Crippen LogP contribution in [-0.4, -0.2) is 22.0 Å². The number of aromatic amines is 1. The number of hydrogen-bond donors (Lipinski definition) is 2. The van der Waals surface area contributed by atoms with Crippen LogP contribution in [0, 0.1) is 5.82 Å². The largest absolute Gasteiger partial charge is 0.388 e. The Morgan fingerprint density at radius 1 is 1.00 bits per heavy atom. The van der Waals surface area contributed by atoms with Gasteiger partial charge in [-0.15, -0.1) is 0 Å². The second-order valence-electron chi connectivity index (χ2n) is 5.49. The van der Waals surface area contributed by atoms with E-state index < -0.39 is 0 Å². The second kappa shape index (κ2) is 5.77. The fourth-order valence-corrected chi connectivity index (χ4v) is 2.86. The van der Waals surface area contributed by atoms with Crippen LogP contribution in [0.5, 0.6) is 0 Å². The average Bonchev–Trinajstić information content (AvgIpc) is 3.06. The van der Waals surface area contributed by atoms with Crippen molar-refractivity contribution in [1.29, 1.82) is 0 Å². The first kappa shape index (κ1) is 14.4. The minimum absolute atomic E-state index is 0.253. The van der Waals surface area contributed by atoms with E-state index in [-0.39, 0.29) is 5.82 Å². The zero-order valence-corrected chi connectivity index (χ0v) is 13.0. The smallest absolute Gasteiger partial charge is 0.141 e. The van der Waals surface area contributed by atoms with Crippen molar-refractivity contribution >= 4 is 16.7 Å². The maximum Gasteiger partial charge on any atom is 0.141 e. The molecule has 0 amide bonds. The van der Waals surface area contributed by atoms with Gasteiger partial charge in [-0.2, -0.15) is 0 Å². The van der Waals surface area contributed by atoms with Gasteiger partial charge in [0.1, 0.15) is 17.8 Å². The molecule has 5 heteroatoms. The molecular weight excluding hydrogens is 303 g/mol. The molecule has 24 heavy (non-hydrogen) atoms.